The van der Waals surface area contributed by atoms with E-state index in [2.05, 4.69) is 13.0 Å². The third kappa shape index (κ3) is 2.53. The van der Waals surface area contributed by atoms with Crippen molar-refractivity contribution in [1.29, 1.82) is 0 Å². The number of rotatable bonds is 2. The summed E-state index contributed by atoms with van der Waals surface area (Å²) in [4.78, 5) is 0. The van der Waals surface area contributed by atoms with Crippen molar-refractivity contribution in [2.75, 3.05) is 0 Å². The van der Waals surface area contributed by atoms with Gasteiger partial charge in [0.25, 0.3) is 0 Å². The lowest BCUT2D eigenvalue weighted by atomic mass is 9.89. The molecule has 0 spiro atoms. The molecule has 2 N–H and O–H groups in total. The molecule has 0 aliphatic heterocycles. The summed E-state index contributed by atoms with van der Waals surface area (Å²) in [5.41, 5.74) is 7.56. The van der Waals surface area contributed by atoms with Gasteiger partial charge in [-0.3, -0.25) is 0 Å². The number of hydrogen-bond acceptors (Lipinski definition) is 1. The fourth-order valence-electron chi connectivity index (χ4n) is 2.61. The van der Waals surface area contributed by atoms with E-state index in [1.165, 1.54) is 12.0 Å². The van der Waals surface area contributed by atoms with Crippen LogP contribution in [0.3, 0.4) is 0 Å². The zero-order valence-electron chi connectivity index (χ0n) is 9.17. The third-order valence-electron chi connectivity index (χ3n) is 3.39. The third-order valence-corrected chi connectivity index (χ3v) is 3.76. The molecule has 0 aromatic heterocycles. The number of halogens is 1. The minimum Gasteiger partial charge on any atom is -0.325 e. The SMILES string of the molecule is CC1CCC(N)(Cc2ccccc2Cl)C1. The molecular formula is C13H18ClN. The summed E-state index contributed by atoms with van der Waals surface area (Å²) in [6.07, 6.45) is 4.41. The Labute approximate surface area is 96.6 Å². The largest absolute Gasteiger partial charge is 0.325 e. The van der Waals surface area contributed by atoms with E-state index >= 15 is 0 Å². The molecule has 82 valence electrons. The van der Waals surface area contributed by atoms with Crippen molar-refractivity contribution in [3.63, 3.8) is 0 Å². The quantitative estimate of drug-likeness (QED) is 0.817. The van der Waals surface area contributed by atoms with E-state index in [1.807, 2.05) is 18.2 Å². The highest BCUT2D eigenvalue weighted by Crippen LogP contribution is 2.35. The zero-order chi connectivity index (χ0) is 10.9. The summed E-state index contributed by atoms with van der Waals surface area (Å²) in [5, 5.41) is 0.849. The van der Waals surface area contributed by atoms with Crippen molar-refractivity contribution in [2.45, 2.75) is 38.1 Å². The van der Waals surface area contributed by atoms with E-state index in [0.717, 1.165) is 30.2 Å². The molecule has 15 heavy (non-hydrogen) atoms. The molecule has 0 bridgehead atoms. The highest BCUT2D eigenvalue weighted by atomic mass is 35.5. The molecule has 1 aromatic carbocycles. The molecule has 0 radical (unpaired) electrons. The molecular weight excluding hydrogens is 206 g/mol. The molecule has 2 heteroatoms. The summed E-state index contributed by atoms with van der Waals surface area (Å²) >= 11 is 6.15. The second-order valence-electron chi connectivity index (χ2n) is 4.98. The standard InChI is InChI=1S/C13H18ClN/c1-10-6-7-13(15,8-10)9-11-4-2-3-5-12(11)14/h2-5,10H,6-9,15H2,1H3. The van der Waals surface area contributed by atoms with Crippen molar-refractivity contribution >= 4 is 11.6 Å². The average molecular weight is 224 g/mol. The van der Waals surface area contributed by atoms with Gasteiger partial charge in [-0.25, -0.2) is 0 Å². The summed E-state index contributed by atoms with van der Waals surface area (Å²) in [6.45, 7) is 2.28. The molecule has 1 fully saturated rings. The lowest BCUT2D eigenvalue weighted by Gasteiger charge is -2.24. The van der Waals surface area contributed by atoms with Crippen molar-refractivity contribution in [3.05, 3.63) is 34.9 Å². The predicted octanol–water partition coefficient (Wildman–Crippen LogP) is 3.40. The van der Waals surface area contributed by atoms with Crippen LogP contribution >= 0.6 is 11.6 Å². The van der Waals surface area contributed by atoms with Crippen molar-refractivity contribution < 1.29 is 0 Å². The van der Waals surface area contributed by atoms with Gasteiger partial charge in [-0.05, 0) is 43.2 Å². The van der Waals surface area contributed by atoms with E-state index in [0.29, 0.717) is 0 Å². The first-order chi connectivity index (χ1) is 7.09. The highest BCUT2D eigenvalue weighted by molar-refractivity contribution is 6.31. The molecule has 0 amide bonds. The Bertz CT molecular complexity index is 350. The van der Waals surface area contributed by atoms with E-state index < -0.39 is 0 Å². The topological polar surface area (TPSA) is 26.0 Å². The van der Waals surface area contributed by atoms with Crippen LogP contribution in [0.4, 0.5) is 0 Å². The Balaban J connectivity index is 2.12. The van der Waals surface area contributed by atoms with Crippen molar-refractivity contribution in [2.24, 2.45) is 11.7 Å². The molecule has 2 unspecified atom stereocenters. The van der Waals surface area contributed by atoms with Gasteiger partial charge in [-0.1, -0.05) is 36.7 Å². The minimum absolute atomic E-state index is 0.0234. The zero-order valence-corrected chi connectivity index (χ0v) is 9.93. The van der Waals surface area contributed by atoms with Crippen LogP contribution in [0.2, 0.25) is 5.02 Å². The Morgan fingerprint density at radius 3 is 2.80 bits per heavy atom. The summed E-state index contributed by atoms with van der Waals surface area (Å²) in [6, 6.07) is 8.02. The molecule has 0 saturated heterocycles. The maximum atomic E-state index is 6.39. The number of benzene rings is 1. The van der Waals surface area contributed by atoms with Gasteiger partial charge in [0.2, 0.25) is 0 Å². The number of nitrogens with two attached hydrogens (primary N) is 1. The van der Waals surface area contributed by atoms with Gasteiger partial charge in [0.15, 0.2) is 0 Å². The fourth-order valence-corrected chi connectivity index (χ4v) is 2.82. The van der Waals surface area contributed by atoms with Gasteiger partial charge in [0, 0.05) is 10.6 Å². The summed E-state index contributed by atoms with van der Waals surface area (Å²) in [5.74, 6) is 0.762. The molecule has 1 aromatic rings. The molecule has 1 aliphatic carbocycles. The van der Waals surface area contributed by atoms with Crippen LogP contribution < -0.4 is 5.73 Å². The maximum Gasteiger partial charge on any atom is 0.0438 e. The first-order valence-electron chi connectivity index (χ1n) is 5.61. The van der Waals surface area contributed by atoms with Gasteiger partial charge in [0.1, 0.15) is 0 Å². The van der Waals surface area contributed by atoms with E-state index in [1.54, 1.807) is 0 Å². The molecule has 1 saturated carbocycles. The summed E-state index contributed by atoms with van der Waals surface area (Å²) < 4.78 is 0. The molecule has 1 nitrogen and oxygen atoms in total. The first-order valence-corrected chi connectivity index (χ1v) is 5.99. The van der Waals surface area contributed by atoms with Crippen LogP contribution in [0.25, 0.3) is 0 Å². The van der Waals surface area contributed by atoms with Crippen LogP contribution in [0.5, 0.6) is 0 Å². The second-order valence-corrected chi connectivity index (χ2v) is 5.39. The Morgan fingerprint density at radius 1 is 1.47 bits per heavy atom. The Morgan fingerprint density at radius 2 is 2.20 bits per heavy atom. The smallest absolute Gasteiger partial charge is 0.0438 e. The van der Waals surface area contributed by atoms with Gasteiger partial charge in [-0.2, -0.15) is 0 Å². The normalized spacial score (nSPS) is 30.7. The number of hydrogen-bond donors (Lipinski definition) is 1. The maximum absolute atomic E-state index is 6.39. The molecule has 0 heterocycles. The second kappa shape index (κ2) is 4.15. The van der Waals surface area contributed by atoms with Gasteiger partial charge < -0.3 is 5.73 Å². The van der Waals surface area contributed by atoms with E-state index in [9.17, 15) is 0 Å². The van der Waals surface area contributed by atoms with Gasteiger partial charge in [0.05, 0.1) is 0 Å². The van der Waals surface area contributed by atoms with Crippen LogP contribution in [-0.2, 0) is 6.42 Å². The minimum atomic E-state index is -0.0234. The molecule has 2 rings (SSSR count). The monoisotopic (exact) mass is 223 g/mol. The van der Waals surface area contributed by atoms with Crippen LogP contribution in [-0.4, -0.2) is 5.54 Å². The lowest BCUT2D eigenvalue weighted by molar-refractivity contribution is 0.419. The van der Waals surface area contributed by atoms with E-state index in [4.69, 9.17) is 17.3 Å². The highest BCUT2D eigenvalue weighted by Gasteiger charge is 2.33. The lowest BCUT2D eigenvalue weighted by Crippen LogP contribution is -2.39. The van der Waals surface area contributed by atoms with Crippen molar-refractivity contribution in [3.8, 4) is 0 Å². The van der Waals surface area contributed by atoms with Gasteiger partial charge in [-0.15, -0.1) is 0 Å². The molecule has 1 aliphatic rings. The predicted molar refractivity (Wildman–Crippen MR) is 65.1 cm³/mol. The average Bonchev–Trinajstić information content (AvgIpc) is 2.51. The van der Waals surface area contributed by atoms with Crippen LogP contribution in [0.15, 0.2) is 24.3 Å². The first kappa shape index (κ1) is 11.0. The van der Waals surface area contributed by atoms with Crippen LogP contribution in [0, 0.1) is 5.92 Å². The van der Waals surface area contributed by atoms with Crippen LogP contribution in [0.1, 0.15) is 31.7 Å². The summed E-state index contributed by atoms with van der Waals surface area (Å²) in [7, 11) is 0. The Hall–Kier alpha value is -0.530. The molecule has 2 atom stereocenters. The van der Waals surface area contributed by atoms with E-state index in [-0.39, 0.29) is 5.54 Å². The fraction of sp³-hybridized carbons (Fsp3) is 0.538. The van der Waals surface area contributed by atoms with Crippen molar-refractivity contribution in [1.82, 2.24) is 0 Å². The Kier molecular flexibility index (Phi) is 3.03. The van der Waals surface area contributed by atoms with Gasteiger partial charge >= 0.3 is 0 Å².